The van der Waals surface area contributed by atoms with Crippen molar-refractivity contribution in [1.29, 1.82) is 0 Å². The average Bonchev–Trinajstić information content (AvgIpc) is 3.20. The maximum atomic E-state index is 5.32. The fourth-order valence-corrected chi connectivity index (χ4v) is 3.79. The van der Waals surface area contributed by atoms with Crippen molar-refractivity contribution < 1.29 is 4.52 Å². The van der Waals surface area contributed by atoms with Crippen molar-refractivity contribution in [3.63, 3.8) is 0 Å². The summed E-state index contributed by atoms with van der Waals surface area (Å²) in [7, 11) is 2.04. The van der Waals surface area contributed by atoms with Gasteiger partial charge in [-0.2, -0.15) is 0 Å². The Kier molecular flexibility index (Phi) is 3.37. The second kappa shape index (κ2) is 5.77. The Bertz CT molecular complexity index is 1290. The average molecular weight is 354 g/mol. The molecule has 2 aromatic carbocycles. The van der Waals surface area contributed by atoms with Crippen molar-refractivity contribution in [2.24, 2.45) is 7.05 Å². The van der Waals surface area contributed by atoms with Crippen LogP contribution in [0.25, 0.3) is 44.3 Å². The number of aryl methyl sites for hydroxylation is 3. The first kappa shape index (κ1) is 15.8. The number of hydrogen-bond acceptors (Lipinski definition) is 4. The lowest BCUT2D eigenvalue weighted by molar-refractivity contribution is 0.393. The Morgan fingerprint density at radius 1 is 1.00 bits per heavy atom. The lowest BCUT2D eigenvalue weighted by Gasteiger charge is -2.06. The molecule has 0 aliphatic heterocycles. The molecule has 0 fully saturated rings. The van der Waals surface area contributed by atoms with Crippen molar-refractivity contribution in [2.45, 2.75) is 13.8 Å². The van der Waals surface area contributed by atoms with Crippen LogP contribution in [0.3, 0.4) is 0 Å². The van der Waals surface area contributed by atoms with Gasteiger partial charge in [-0.05, 0) is 36.9 Å². The second-order valence-corrected chi connectivity index (χ2v) is 6.81. The number of aromatic nitrogens is 4. The lowest BCUT2D eigenvalue weighted by atomic mass is 10.0. The monoisotopic (exact) mass is 354 g/mol. The molecule has 5 aromatic rings. The number of pyridine rings is 1. The number of hydrogen-bond donors (Lipinski definition) is 0. The maximum absolute atomic E-state index is 5.32. The Morgan fingerprint density at radius 3 is 2.67 bits per heavy atom. The van der Waals surface area contributed by atoms with Gasteiger partial charge in [0.1, 0.15) is 11.6 Å². The predicted octanol–water partition coefficient (Wildman–Crippen LogP) is 5.06. The molecular weight excluding hydrogens is 336 g/mol. The van der Waals surface area contributed by atoms with E-state index in [0.717, 1.165) is 55.8 Å². The fraction of sp³-hybridized carbons (Fsp3) is 0.136. The van der Waals surface area contributed by atoms with E-state index in [2.05, 4.69) is 45.0 Å². The van der Waals surface area contributed by atoms with Crippen LogP contribution in [-0.4, -0.2) is 19.7 Å². The summed E-state index contributed by atoms with van der Waals surface area (Å²) >= 11 is 0. The van der Waals surface area contributed by atoms with Crippen LogP contribution in [0.1, 0.15) is 11.5 Å². The van der Waals surface area contributed by atoms with E-state index in [1.165, 1.54) is 0 Å². The molecule has 0 N–H and O–H groups in total. The summed E-state index contributed by atoms with van der Waals surface area (Å²) in [6.45, 7) is 3.90. The molecule has 0 radical (unpaired) electrons. The molecule has 132 valence electrons. The van der Waals surface area contributed by atoms with Gasteiger partial charge in [0.05, 0.1) is 16.7 Å². The summed E-state index contributed by atoms with van der Waals surface area (Å²) in [5.41, 5.74) is 6.05. The maximum Gasteiger partial charge on any atom is 0.143 e. The van der Waals surface area contributed by atoms with Gasteiger partial charge in [-0.15, -0.1) is 0 Å². The van der Waals surface area contributed by atoms with Crippen LogP contribution in [0, 0.1) is 13.8 Å². The van der Waals surface area contributed by atoms with E-state index >= 15 is 0 Å². The number of fused-ring (bicyclic) bond motifs is 2. The van der Waals surface area contributed by atoms with Crippen LogP contribution < -0.4 is 0 Å². The molecule has 0 spiro atoms. The molecule has 0 atom stereocenters. The van der Waals surface area contributed by atoms with Crippen LogP contribution in [0.15, 0.2) is 59.4 Å². The van der Waals surface area contributed by atoms with Gasteiger partial charge in [-0.25, -0.2) is 4.98 Å². The molecule has 3 aromatic heterocycles. The molecule has 0 aliphatic carbocycles. The number of imidazole rings is 1. The third-order valence-corrected chi connectivity index (χ3v) is 5.11. The summed E-state index contributed by atoms with van der Waals surface area (Å²) < 4.78 is 7.45. The molecular formula is C22H18N4O. The molecule has 27 heavy (non-hydrogen) atoms. The smallest absolute Gasteiger partial charge is 0.143 e. The number of benzene rings is 2. The zero-order valence-corrected chi connectivity index (χ0v) is 15.4. The highest BCUT2D eigenvalue weighted by atomic mass is 16.5. The minimum absolute atomic E-state index is 0.821. The molecule has 0 amide bonds. The molecule has 0 bridgehead atoms. The summed E-state index contributed by atoms with van der Waals surface area (Å²) in [5, 5.41) is 6.33. The Morgan fingerprint density at radius 2 is 1.85 bits per heavy atom. The summed E-state index contributed by atoms with van der Waals surface area (Å²) in [5.74, 6) is 1.73. The first-order chi connectivity index (χ1) is 13.1. The normalized spacial score (nSPS) is 11.5. The summed E-state index contributed by atoms with van der Waals surface area (Å²) in [6.07, 6.45) is 3.77. The van der Waals surface area contributed by atoms with Gasteiger partial charge >= 0.3 is 0 Å². The van der Waals surface area contributed by atoms with Gasteiger partial charge in [0.15, 0.2) is 0 Å². The third kappa shape index (κ3) is 2.35. The van der Waals surface area contributed by atoms with Crippen molar-refractivity contribution in [3.8, 4) is 22.5 Å². The molecule has 0 saturated heterocycles. The molecule has 5 rings (SSSR count). The number of rotatable bonds is 2. The first-order valence-electron chi connectivity index (χ1n) is 8.86. The van der Waals surface area contributed by atoms with Crippen LogP contribution in [0.4, 0.5) is 0 Å². The number of nitrogens with zero attached hydrogens (tertiary/aromatic N) is 4. The predicted molar refractivity (Wildman–Crippen MR) is 106 cm³/mol. The molecule has 0 saturated carbocycles. The van der Waals surface area contributed by atoms with Gasteiger partial charge in [-0.3, -0.25) is 4.98 Å². The van der Waals surface area contributed by atoms with E-state index in [4.69, 9.17) is 9.51 Å². The molecule has 0 unspecified atom stereocenters. The van der Waals surface area contributed by atoms with Crippen molar-refractivity contribution in [1.82, 2.24) is 19.7 Å². The molecule has 3 heterocycles. The first-order valence-corrected chi connectivity index (χ1v) is 8.86. The van der Waals surface area contributed by atoms with Gasteiger partial charge < -0.3 is 9.09 Å². The zero-order valence-electron chi connectivity index (χ0n) is 15.4. The van der Waals surface area contributed by atoms with E-state index in [9.17, 15) is 0 Å². The van der Waals surface area contributed by atoms with Crippen molar-refractivity contribution in [3.05, 3.63) is 66.3 Å². The molecule has 5 heteroatoms. The topological polar surface area (TPSA) is 56.7 Å². The minimum Gasteiger partial charge on any atom is -0.361 e. The van der Waals surface area contributed by atoms with E-state index < -0.39 is 0 Å². The van der Waals surface area contributed by atoms with E-state index in [1.807, 2.05) is 45.4 Å². The Labute approximate surface area is 156 Å². The van der Waals surface area contributed by atoms with E-state index in [1.54, 1.807) is 0 Å². The molecule has 0 aliphatic rings. The van der Waals surface area contributed by atoms with Crippen LogP contribution in [-0.2, 0) is 7.05 Å². The molecule has 5 nitrogen and oxygen atoms in total. The summed E-state index contributed by atoms with van der Waals surface area (Å²) in [6, 6.07) is 14.6. The third-order valence-electron chi connectivity index (χ3n) is 5.11. The lowest BCUT2D eigenvalue weighted by Crippen LogP contribution is -1.94. The van der Waals surface area contributed by atoms with E-state index in [-0.39, 0.29) is 0 Å². The van der Waals surface area contributed by atoms with Crippen LogP contribution in [0.2, 0.25) is 0 Å². The van der Waals surface area contributed by atoms with E-state index in [0.29, 0.717) is 0 Å². The second-order valence-electron chi connectivity index (χ2n) is 6.81. The van der Waals surface area contributed by atoms with Crippen molar-refractivity contribution in [2.75, 3.05) is 0 Å². The fourth-order valence-electron chi connectivity index (χ4n) is 3.79. The largest absolute Gasteiger partial charge is 0.361 e. The highest BCUT2D eigenvalue weighted by Crippen LogP contribution is 2.33. The Balaban J connectivity index is 1.74. The standard InChI is InChI=1S/C22H18N4O/c1-13-21(14(2)27-25-13)15-8-9-20-19(10-15)24-22(26(20)3)18-12-23-11-16-6-4-5-7-17(16)18/h4-12H,1-3H3. The zero-order chi connectivity index (χ0) is 18.5. The minimum atomic E-state index is 0.821. The summed E-state index contributed by atoms with van der Waals surface area (Å²) in [4.78, 5) is 9.34. The Hall–Kier alpha value is -3.47. The van der Waals surface area contributed by atoms with Crippen molar-refractivity contribution >= 4 is 21.8 Å². The highest BCUT2D eigenvalue weighted by molar-refractivity contribution is 5.96. The van der Waals surface area contributed by atoms with Gasteiger partial charge in [-0.1, -0.05) is 35.5 Å². The van der Waals surface area contributed by atoms with Crippen LogP contribution >= 0.6 is 0 Å². The SMILES string of the molecule is Cc1noc(C)c1-c1ccc2c(c1)nc(-c1cncc3ccccc13)n2C. The highest BCUT2D eigenvalue weighted by Gasteiger charge is 2.16. The quantitative estimate of drug-likeness (QED) is 0.444. The van der Waals surface area contributed by atoms with Gasteiger partial charge in [0.2, 0.25) is 0 Å². The van der Waals surface area contributed by atoms with Gasteiger partial charge in [0, 0.05) is 36.0 Å². The van der Waals surface area contributed by atoms with Crippen LogP contribution in [0.5, 0.6) is 0 Å². The van der Waals surface area contributed by atoms with Gasteiger partial charge in [0.25, 0.3) is 0 Å².